The van der Waals surface area contributed by atoms with E-state index >= 15 is 0 Å². The number of hydrogen-bond donors (Lipinski definition) is 3. The van der Waals surface area contributed by atoms with Gasteiger partial charge in [0, 0.05) is 18.1 Å². The number of pyridine rings is 1. The normalized spacial score (nSPS) is 17.1. The molecule has 0 spiro atoms. The van der Waals surface area contributed by atoms with Gasteiger partial charge in [0.25, 0.3) is 0 Å². The maximum atomic E-state index is 13.4. The lowest BCUT2D eigenvalue weighted by molar-refractivity contribution is -0.137. The Bertz CT molecular complexity index is 1320. The lowest BCUT2D eigenvalue weighted by Crippen LogP contribution is -2.59. The summed E-state index contributed by atoms with van der Waals surface area (Å²) in [7, 11) is 0. The molecular weight excluding hydrogens is 552 g/mol. The van der Waals surface area contributed by atoms with E-state index < -0.39 is 29.3 Å². The Hall–Kier alpha value is -3.68. The standard InChI is InChI=1S/C23H19Cl2F3N6O4/c24-13-1-2-18(16(5-13)23(26,27)28)33-14-6-17(25)19(31-7-14)10-32-20(35)22(3-4-37-11-22)34-21(36)38-15-8-29-12-30-9-15/h1-2,5-9,12,33H,3-4,10-11H2,(H,32,35)(H,34,36)/t22-/m0/s1. The van der Waals surface area contributed by atoms with Crippen molar-refractivity contribution in [3.05, 3.63) is 70.5 Å². The Morgan fingerprint density at radius 3 is 2.55 bits per heavy atom. The molecule has 0 bridgehead atoms. The first-order valence-electron chi connectivity index (χ1n) is 10.9. The van der Waals surface area contributed by atoms with Crippen LogP contribution in [0, 0.1) is 0 Å². The summed E-state index contributed by atoms with van der Waals surface area (Å²) in [4.78, 5) is 37.0. The van der Waals surface area contributed by atoms with Gasteiger partial charge in [-0.05, 0) is 24.3 Å². The van der Waals surface area contributed by atoms with E-state index in [0.717, 1.165) is 6.07 Å². The van der Waals surface area contributed by atoms with E-state index in [1.807, 2.05) is 0 Å². The van der Waals surface area contributed by atoms with E-state index in [1.54, 1.807) is 0 Å². The maximum absolute atomic E-state index is 13.4. The smallest absolute Gasteiger partial charge is 0.407 e. The highest BCUT2D eigenvalue weighted by molar-refractivity contribution is 6.31. The third-order valence-corrected chi connectivity index (χ3v) is 6.01. The van der Waals surface area contributed by atoms with Crippen molar-refractivity contribution in [2.24, 2.45) is 0 Å². The summed E-state index contributed by atoms with van der Waals surface area (Å²) in [5.41, 5.74) is -2.15. The number of halogens is 5. The van der Waals surface area contributed by atoms with E-state index in [-0.39, 0.29) is 59.0 Å². The van der Waals surface area contributed by atoms with Gasteiger partial charge in [-0.2, -0.15) is 13.2 Å². The van der Waals surface area contributed by atoms with Crippen LogP contribution in [0.3, 0.4) is 0 Å². The molecule has 1 aliphatic heterocycles. The van der Waals surface area contributed by atoms with Crippen molar-refractivity contribution >= 4 is 46.6 Å². The molecule has 1 aliphatic rings. The first-order chi connectivity index (χ1) is 18.1. The van der Waals surface area contributed by atoms with Crippen molar-refractivity contribution in [2.75, 3.05) is 18.5 Å². The van der Waals surface area contributed by atoms with Gasteiger partial charge >= 0.3 is 12.3 Å². The molecule has 0 aliphatic carbocycles. The molecule has 1 saturated heterocycles. The SMILES string of the molecule is O=C(N[C@@]1(C(=O)NCc2ncc(Nc3ccc(Cl)cc3C(F)(F)F)cc2Cl)CCOC1)Oc1cncnc1. The fourth-order valence-electron chi connectivity index (χ4n) is 3.58. The minimum Gasteiger partial charge on any atom is -0.407 e. The quantitative estimate of drug-likeness (QED) is 0.378. The number of nitrogens with one attached hydrogen (secondary N) is 3. The van der Waals surface area contributed by atoms with Crippen molar-refractivity contribution in [3.8, 4) is 5.75 Å². The highest BCUT2D eigenvalue weighted by Crippen LogP contribution is 2.38. The average molecular weight is 571 g/mol. The van der Waals surface area contributed by atoms with Gasteiger partial charge in [0.05, 0.1) is 59.4 Å². The van der Waals surface area contributed by atoms with Crippen LogP contribution in [-0.2, 0) is 22.3 Å². The molecule has 1 atom stereocenters. The van der Waals surface area contributed by atoms with Crippen molar-refractivity contribution < 1.29 is 32.2 Å². The molecule has 38 heavy (non-hydrogen) atoms. The van der Waals surface area contributed by atoms with Gasteiger partial charge < -0.3 is 25.4 Å². The number of alkyl halides is 3. The van der Waals surface area contributed by atoms with Crippen LogP contribution >= 0.6 is 23.2 Å². The first-order valence-corrected chi connectivity index (χ1v) is 11.7. The van der Waals surface area contributed by atoms with Crippen LogP contribution < -0.4 is 20.7 Å². The predicted molar refractivity (Wildman–Crippen MR) is 130 cm³/mol. The number of aromatic nitrogens is 3. The number of amides is 2. The van der Waals surface area contributed by atoms with Crippen molar-refractivity contribution in [3.63, 3.8) is 0 Å². The molecule has 200 valence electrons. The largest absolute Gasteiger partial charge is 0.418 e. The highest BCUT2D eigenvalue weighted by atomic mass is 35.5. The molecule has 3 heterocycles. The van der Waals surface area contributed by atoms with E-state index in [2.05, 4.69) is 30.9 Å². The molecule has 2 aromatic heterocycles. The number of rotatable bonds is 7. The zero-order chi connectivity index (χ0) is 27.3. The van der Waals surface area contributed by atoms with E-state index in [0.29, 0.717) is 0 Å². The van der Waals surface area contributed by atoms with Gasteiger partial charge in [-0.3, -0.25) is 9.78 Å². The van der Waals surface area contributed by atoms with Crippen molar-refractivity contribution in [1.82, 2.24) is 25.6 Å². The summed E-state index contributed by atoms with van der Waals surface area (Å²) in [6.07, 6.45) is -0.234. The van der Waals surface area contributed by atoms with Gasteiger partial charge in [0.15, 0.2) is 5.75 Å². The number of ether oxygens (including phenoxy) is 2. The van der Waals surface area contributed by atoms with Crippen LogP contribution in [-0.4, -0.2) is 45.7 Å². The monoisotopic (exact) mass is 570 g/mol. The van der Waals surface area contributed by atoms with Crippen LogP contribution in [0.2, 0.25) is 10.0 Å². The zero-order valence-electron chi connectivity index (χ0n) is 19.3. The molecule has 0 unspecified atom stereocenters. The number of carbonyl (C=O) groups excluding carboxylic acids is 2. The molecule has 0 saturated carbocycles. The summed E-state index contributed by atoms with van der Waals surface area (Å²) in [5.74, 6) is -0.475. The summed E-state index contributed by atoms with van der Waals surface area (Å²) >= 11 is 12.0. The summed E-state index contributed by atoms with van der Waals surface area (Å²) in [6.45, 7) is 0.00962. The second kappa shape index (κ2) is 11.4. The van der Waals surface area contributed by atoms with Crippen molar-refractivity contribution in [2.45, 2.75) is 24.7 Å². The van der Waals surface area contributed by atoms with E-state index in [9.17, 15) is 22.8 Å². The zero-order valence-corrected chi connectivity index (χ0v) is 20.8. The van der Waals surface area contributed by atoms with Gasteiger partial charge in [0.2, 0.25) is 5.91 Å². The summed E-state index contributed by atoms with van der Waals surface area (Å²) in [5, 5.41) is 7.84. The Morgan fingerprint density at radius 2 is 1.89 bits per heavy atom. The van der Waals surface area contributed by atoms with Crippen LogP contribution in [0.25, 0.3) is 0 Å². The fraction of sp³-hybridized carbons (Fsp3) is 0.261. The number of benzene rings is 1. The van der Waals surface area contributed by atoms with E-state index in [4.69, 9.17) is 32.7 Å². The predicted octanol–water partition coefficient (Wildman–Crippen LogP) is 4.50. The molecule has 0 radical (unpaired) electrons. The molecule has 15 heteroatoms. The fourth-order valence-corrected chi connectivity index (χ4v) is 3.98. The molecule has 1 aromatic carbocycles. The van der Waals surface area contributed by atoms with E-state index in [1.165, 1.54) is 43.1 Å². The topological polar surface area (TPSA) is 127 Å². The van der Waals surface area contributed by atoms with Crippen molar-refractivity contribution in [1.29, 1.82) is 0 Å². The summed E-state index contributed by atoms with van der Waals surface area (Å²) in [6, 6.07) is 4.69. The summed E-state index contributed by atoms with van der Waals surface area (Å²) < 4.78 is 50.5. The van der Waals surface area contributed by atoms with Gasteiger partial charge in [-0.1, -0.05) is 23.2 Å². The van der Waals surface area contributed by atoms with Gasteiger partial charge in [-0.15, -0.1) is 0 Å². The second-order valence-electron chi connectivity index (χ2n) is 8.12. The van der Waals surface area contributed by atoms with Crippen LogP contribution in [0.5, 0.6) is 5.75 Å². The molecule has 3 aromatic rings. The van der Waals surface area contributed by atoms with Gasteiger partial charge in [-0.25, -0.2) is 14.8 Å². The number of anilines is 2. The molecule has 1 fully saturated rings. The number of nitrogens with zero attached hydrogens (tertiary/aromatic N) is 3. The second-order valence-corrected chi connectivity index (χ2v) is 8.96. The molecule has 10 nitrogen and oxygen atoms in total. The maximum Gasteiger partial charge on any atom is 0.418 e. The number of carbonyl (C=O) groups is 2. The lowest BCUT2D eigenvalue weighted by atomic mass is 9.97. The Morgan fingerprint density at radius 1 is 1.13 bits per heavy atom. The minimum atomic E-state index is -4.63. The molecule has 3 N–H and O–H groups in total. The number of hydrogen-bond acceptors (Lipinski definition) is 8. The third kappa shape index (κ3) is 6.60. The Labute approximate surface area is 223 Å². The Balaban J connectivity index is 1.41. The molecular formula is C23H19Cl2F3N6O4. The lowest BCUT2D eigenvalue weighted by Gasteiger charge is -2.27. The average Bonchev–Trinajstić information content (AvgIpc) is 3.34. The van der Waals surface area contributed by atoms with Crippen LogP contribution in [0.1, 0.15) is 17.7 Å². The van der Waals surface area contributed by atoms with Gasteiger partial charge in [0.1, 0.15) is 11.9 Å². The van der Waals surface area contributed by atoms with Crippen LogP contribution in [0.4, 0.5) is 29.3 Å². The molecule has 4 rings (SSSR count). The highest BCUT2D eigenvalue weighted by Gasteiger charge is 2.44. The third-order valence-electron chi connectivity index (χ3n) is 5.44. The molecule has 2 amide bonds. The Kier molecular flexibility index (Phi) is 8.19. The minimum absolute atomic E-state index is 0.0626. The first kappa shape index (κ1) is 27.4. The van der Waals surface area contributed by atoms with Crippen LogP contribution in [0.15, 0.2) is 49.2 Å².